The third kappa shape index (κ3) is 7.55. The number of nitrogens with one attached hydrogen (secondary N) is 2. The Hall–Kier alpha value is -2.00. The van der Waals surface area contributed by atoms with Crippen LogP contribution in [0.4, 0.5) is 0 Å². The number of guanidine groups is 1. The number of ether oxygens (including phenoxy) is 1. The van der Waals surface area contributed by atoms with Crippen LogP contribution in [0.25, 0.3) is 0 Å². The molecule has 1 aromatic carbocycles. The number of hydrogen-bond acceptors (Lipinski definition) is 4. The fourth-order valence-corrected chi connectivity index (χ4v) is 3.26. The number of benzene rings is 1. The molecule has 5 nitrogen and oxygen atoms in total. The van der Waals surface area contributed by atoms with Crippen molar-refractivity contribution < 1.29 is 9.15 Å². The van der Waals surface area contributed by atoms with E-state index in [1.807, 2.05) is 24.3 Å². The predicted octanol–water partition coefficient (Wildman–Crippen LogP) is 4.49. The number of furan rings is 1. The summed E-state index contributed by atoms with van der Waals surface area (Å²) in [6, 6.07) is 14.2. The molecular formula is C21H26IN3O2S. The molecule has 0 aliphatic carbocycles. The van der Waals surface area contributed by atoms with Crippen molar-refractivity contribution in [1.29, 1.82) is 0 Å². The number of halogens is 1. The minimum Gasteiger partial charge on any atom is -0.497 e. The smallest absolute Gasteiger partial charge is 0.191 e. The molecule has 2 N–H and O–H groups in total. The van der Waals surface area contributed by atoms with Crippen molar-refractivity contribution in [2.75, 3.05) is 20.2 Å². The molecule has 0 radical (unpaired) electrons. The molecule has 0 aliphatic rings. The van der Waals surface area contributed by atoms with Gasteiger partial charge in [-0.05, 0) is 58.6 Å². The topological polar surface area (TPSA) is 58.8 Å². The average molecular weight is 511 g/mol. The fraction of sp³-hybridized carbons (Fsp3) is 0.286. The average Bonchev–Trinajstić information content (AvgIpc) is 3.40. The lowest BCUT2D eigenvalue weighted by Gasteiger charge is -2.12. The van der Waals surface area contributed by atoms with E-state index in [0.717, 1.165) is 43.4 Å². The third-order valence-corrected chi connectivity index (χ3v) is 4.84. The molecule has 2 heterocycles. The van der Waals surface area contributed by atoms with Crippen LogP contribution < -0.4 is 15.4 Å². The fourth-order valence-electron chi connectivity index (χ4n) is 2.60. The van der Waals surface area contributed by atoms with Gasteiger partial charge < -0.3 is 19.8 Å². The van der Waals surface area contributed by atoms with E-state index in [4.69, 9.17) is 14.1 Å². The summed E-state index contributed by atoms with van der Waals surface area (Å²) in [6.45, 7) is 2.25. The first kappa shape index (κ1) is 22.3. The van der Waals surface area contributed by atoms with Gasteiger partial charge in [0.05, 0.1) is 19.9 Å². The molecule has 0 fully saturated rings. The maximum Gasteiger partial charge on any atom is 0.191 e. The number of rotatable bonds is 9. The van der Waals surface area contributed by atoms with Crippen molar-refractivity contribution in [2.45, 2.75) is 19.4 Å². The Morgan fingerprint density at radius 3 is 2.46 bits per heavy atom. The minimum absolute atomic E-state index is 0. The van der Waals surface area contributed by atoms with Crippen molar-refractivity contribution in [2.24, 2.45) is 4.99 Å². The van der Waals surface area contributed by atoms with E-state index in [1.54, 1.807) is 24.7 Å². The predicted molar refractivity (Wildman–Crippen MR) is 126 cm³/mol. The molecule has 0 saturated heterocycles. The van der Waals surface area contributed by atoms with Gasteiger partial charge in [0.25, 0.3) is 0 Å². The maximum absolute atomic E-state index is 5.38. The summed E-state index contributed by atoms with van der Waals surface area (Å²) < 4.78 is 10.6. The first-order valence-electron chi connectivity index (χ1n) is 9.02. The van der Waals surface area contributed by atoms with Gasteiger partial charge in [0.2, 0.25) is 0 Å². The summed E-state index contributed by atoms with van der Waals surface area (Å²) in [7, 11) is 1.68. The lowest BCUT2D eigenvalue weighted by molar-refractivity contribution is 0.414. The first-order valence-corrected chi connectivity index (χ1v) is 9.96. The summed E-state index contributed by atoms with van der Waals surface area (Å²) in [5, 5.41) is 11.0. The first-order chi connectivity index (χ1) is 13.3. The van der Waals surface area contributed by atoms with E-state index in [9.17, 15) is 0 Å². The molecule has 3 aromatic rings. The summed E-state index contributed by atoms with van der Waals surface area (Å²) >= 11 is 1.69. The maximum atomic E-state index is 5.38. The van der Waals surface area contributed by atoms with Crippen molar-refractivity contribution in [3.63, 3.8) is 0 Å². The van der Waals surface area contributed by atoms with Crippen LogP contribution in [0.2, 0.25) is 0 Å². The van der Waals surface area contributed by atoms with Gasteiger partial charge in [0.1, 0.15) is 11.5 Å². The number of nitrogens with zero attached hydrogens (tertiary/aromatic N) is 1. The van der Waals surface area contributed by atoms with Crippen LogP contribution in [0.3, 0.4) is 0 Å². The summed E-state index contributed by atoms with van der Waals surface area (Å²) in [6.07, 6.45) is 3.44. The zero-order valence-corrected chi connectivity index (χ0v) is 19.0. The largest absolute Gasteiger partial charge is 0.497 e. The van der Waals surface area contributed by atoms with Gasteiger partial charge in [-0.2, -0.15) is 11.3 Å². The van der Waals surface area contributed by atoms with E-state index in [-0.39, 0.29) is 24.0 Å². The van der Waals surface area contributed by atoms with Crippen LogP contribution in [0.1, 0.15) is 16.9 Å². The Balaban J connectivity index is 0.00000280. The lowest BCUT2D eigenvalue weighted by Crippen LogP contribution is -2.39. The molecule has 0 unspecified atom stereocenters. The van der Waals surface area contributed by atoms with Crippen LogP contribution >= 0.6 is 35.3 Å². The van der Waals surface area contributed by atoms with E-state index in [1.165, 1.54) is 11.1 Å². The van der Waals surface area contributed by atoms with Crippen LogP contribution in [-0.4, -0.2) is 26.2 Å². The van der Waals surface area contributed by atoms with Gasteiger partial charge in [0.15, 0.2) is 5.96 Å². The highest BCUT2D eigenvalue weighted by Crippen LogP contribution is 2.11. The van der Waals surface area contributed by atoms with Crippen LogP contribution in [-0.2, 0) is 19.4 Å². The van der Waals surface area contributed by atoms with Crippen molar-refractivity contribution in [1.82, 2.24) is 10.6 Å². The van der Waals surface area contributed by atoms with Gasteiger partial charge in [0, 0.05) is 19.5 Å². The Labute approximate surface area is 187 Å². The number of thiophene rings is 1. The third-order valence-electron chi connectivity index (χ3n) is 4.11. The summed E-state index contributed by atoms with van der Waals surface area (Å²) in [5.74, 6) is 2.67. The Morgan fingerprint density at radius 1 is 1.04 bits per heavy atom. The molecule has 28 heavy (non-hydrogen) atoms. The number of methoxy groups -OCH3 is 1. The highest BCUT2D eigenvalue weighted by molar-refractivity contribution is 14.0. The van der Waals surface area contributed by atoms with E-state index in [0.29, 0.717) is 6.54 Å². The molecule has 2 aromatic heterocycles. The second-order valence-electron chi connectivity index (χ2n) is 6.08. The second kappa shape index (κ2) is 12.5. The molecule has 0 aliphatic heterocycles. The monoisotopic (exact) mass is 511 g/mol. The van der Waals surface area contributed by atoms with Gasteiger partial charge in [-0.1, -0.05) is 12.1 Å². The van der Waals surface area contributed by atoms with Crippen LogP contribution in [0.15, 0.2) is 68.9 Å². The van der Waals surface area contributed by atoms with Crippen molar-refractivity contribution >= 4 is 41.3 Å². The second-order valence-corrected chi connectivity index (χ2v) is 6.86. The molecule has 7 heteroatoms. The zero-order valence-electron chi connectivity index (χ0n) is 15.9. The number of aliphatic imine (C=N–C) groups is 1. The van der Waals surface area contributed by atoms with Gasteiger partial charge >= 0.3 is 0 Å². The quantitative estimate of drug-likeness (QED) is 0.253. The van der Waals surface area contributed by atoms with Gasteiger partial charge in [-0.25, -0.2) is 4.99 Å². The number of hydrogen-bond donors (Lipinski definition) is 2. The standard InChI is InChI=1S/C21H25N3O2S.HI/c1-25-19-6-4-17(5-7-19)8-11-22-21(24-15-18-10-14-27-16-18)23-12-9-20-3-2-13-26-20;/h2-7,10,13-14,16H,8-9,11-12,15H2,1H3,(H2,22,23,24);1H. The highest BCUT2D eigenvalue weighted by atomic mass is 127. The Kier molecular flexibility index (Phi) is 9.92. The SMILES string of the molecule is COc1ccc(CCNC(=NCc2ccsc2)NCCc2ccco2)cc1.I. The molecule has 0 spiro atoms. The van der Waals surface area contributed by atoms with E-state index in [2.05, 4.69) is 39.6 Å². The highest BCUT2D eigenvalue weighted by Gasteiger charge is 2.02. The molecule has 0 bridgehead atoms. The Bertz CT molecular complexity index is 803. The molecule has 0 atom stereocenters. The van der Waals surface area contributed by atoms with Crippen molar-refractivity contribution in [3.8, 4) is 5.75 Å². The molecule has 0 saturated carbocycles. The van der Waals surface area contributed by atoms with Crippen LogP contribution in [0, 0.1) is 0 Å². The molecular weight excluding hydrogens is 485 g/mol. The van der Waals surface area contributed by atoms with Gasteiger partial charge in [-0.15, -0.1) is 24.0 Å². The molecule has 150 valence electrons. The van der Waals surface area contributed by atoms with Crippen LogP contribution in [0.5, 0.6) is 5.75 Å². The molecule has 3 rings (SSSR count). The van der Waals surface area contributed by atoms with Crippen molar-refractivity contribution in [3.05, 3.63) is 76.4 Å². The van der Waals surface area contributed by atoms with Gasteiger partial charge in [-0.3, -0.25) is 0 Å². The zero-order chi connectivity index (χ0) is 18.7. The Morgan fingerprint density at radius 2 is 1.82 bits per heavy atom. The molecule has 0 amide bonds. The summed E-state index contributed by atoms with van der Waals surface area (Å²) in [5.41, 5.74) is 2.48. The minimum atomic E-state index is 0. The van der Waals surface area contributed by atoms with E-state index >= 15 is 0 Å². The lowest BCUT2D eigenvalue weighted by atomic mass is 10.1. The van der Waals surface area contributed by atoms with E-state index < -0.39 is 0 Å². The summed E-state index contributed by atoms with van der Waals surface area (Å²) in [4.78, 5) is 4.69. The normalized spacial score (nSPS) is 11.0.